The molecule has 0 fully saturated rings. The third kappa shape index (κ3) is 4.77. The Kier molecular flexibility index (Phi) is 5.62. The molecule has 1 N–H and O–H groups in total. The van der Waals surface area contributed by atoms with E-state index in [4.69, 9.17) is 16.7 Å². The van der Waals surface area contributed by atoms with Gasteiger partial charge in [0, 0.05) is 25.5 Å². The lowest BCUT2D eigenvalue weighted by atomic mass is 10.2. The van der Waals surface area contributed by atoms with Crippen molar-refractivity contribution in [2.75, 3.05) is 0 Å². The molecule has 0 radical (unpaired) electrons. The SMILES string of the molecule is CC(CC(=O)O)S(=O)Cc1ccc(Br)cc1Cl. The van der Waals surface area contributed by atoms with Crippen LogP contribution in [0.3, 0.4) is 0 Å². The highest BCUT2D eigenvalue weighted by Crippen LogP contribution is 2.23. The van der Waals surface area contributed by atoms with Gasteiger partial charge in [-0.25, -0.2) is 0 Å². The van der Waals surface area contributed by atoms with Gasteiger partial charge in [0.15, 0.2) is 0 Å². The minimum absolute atomic E-state index is 0.0965. The molecule has 17 heavy (non-hydrogen) atoms. The third-order valence-corrected chi connectivity index (χ3v) is 4.73. The number of carboxylic acid groups (broad SMARTS) is 1. The second-order valence-corrected chi connectivity index (χ2v) is 6.85. The topological polar surface area (TPSA) is 54.4 Å². The Hall–Kier alpha value is -0.390. The molecule has 3 nitrogen and oxygen atoms in total. The van der Waals surface area contributed by atoms with Crippen LogP contribution in [0.25, 0.3) is 0 Å². The number of rotatable bonds is 5. The molecule has 0 aliphatic carbocycles. The number of benzene rings is 1. The zero-order valence-corrected chi connectivity index (χ0v) is 12.3. The highest BCUT2D eigenvalue weighted by molar-refractivity contribution is 9.10. The van der Waals surface area contributed by atoms with Crippen molar-refractivity contribution in [1.82, 2.24) is 0 Å². The predicted octanol–water partition coefficient (Wildman–Crippen LogP) is 3.21. The first kappa shape index (κ1) is 14.7. The minimum Gasteiger partial charge on any atom is -0.481 e. The maximum absolute atomic E-state index is 11.9. The summed E-state index contributed by atoms with van der Waals surface area (Å²) in [5.41, 5.74) is 0.769. The molecule has 0 bridgehead atoms. The third-order valence-electron chi connectivity index (χ3n) is 2.22. The van der Waals surface area contributed by atoms with Gasteiger partial charge in [0.2, 0.25) is 0 Å². The molecule has 2 atom stereocenters. The van der Waals surface area contributed by atoms with Gasteiger partial charge >= 0.3 is 5.97 Å². The fourth-order valence-corrected chi connectivity index (χ4v) is 3.26. The number of halogens is 2. The molecule has 0 aromatic heterocycles. The van der Waals surface area contributed by atoms with Crippen LogP contribution in [-0.4, -0.2) is 20.5 Å². The Balaban J connectivity index is 2.71. The van der Waals surface area contributed by atoms with Gasteiger partial charge in [-0.1, -0.05) is 40.5 Å². The summed E-state index contributed by atoms with van der Waals surface area (Å²) in [6.07, 6.45) is -0.0965. The second-order valence-electron chi connectivity index (χ2n) is 3.67. The Labute approximate surface area is 116 Å². The van der Waals surface area contributed by atoms with Crippen molar-refractivity contribution in [3.63, 3.8) is 0 Å². The number of hydrogen-bond donors (Lipinski definition) is 1. The van der Waals surface area contributed by atoms with Crippen molar-refractivity contribution in [3.05, 3.63) is 33.3 Å². The highest BCUT2D eigenvalue weighted by Gasteiger charge is 2.16. The van der Waals surface area contributed by atoms with E-state index in [2.05, 4.69) is 15.9 Å². The maximum Gasteiger partial charge on any atom is 0.304 e. The van der Waals surface area contributed by atoms with Crippen LogP contribution in [-0.2, 0) is 21.3 Å². The summed E-state index contributed by atoms with van der Waals surface area (Å²) in [5, 5.41) is 8.78. The molecule has 0 saturated heterocycles. The van der Waals surface area contributed by atoms with Gasteiger partial charge in [0.1, 0.15) is 0 Å². The molecular weight excluding hydrogens is 328 g/mol. The molecule has 1 rings (SSSR count). The largest absolute Gasteiger partial charge is 0.481 e. The van der Waals surface area contributed by atoms with Crippen LogP contribution in [0.15, 0.2) is 22.7 Å². The number of carboxylic acids is 1. The van der Waals surface area contributed by atoms with Crippen LogP contribution in [0, 0.1) is 0 Å². The van der Waals surface area contributed by atoms with Crippen molar-refractivity contribution in [3.8, 4) is 0 Å². The Morgan fingerprint density at radius 1 is 1.59 bits per heavy atom. The fourth-order valence-electron chi connectivity index (χ4n) is 1.27. The zero-order valence-electron chi connectivity index (χ0n) is 9.15. The van der Waals surface area contributed by atoms with Gasteiger partial charge in [-0.3, -0.25) is 9.00 Å². The van der Waals surface area contributed by atoms with Crippen LogP contribution in [0.5, 0.6) is 0 Å². The van der Waals surface area contributed by atoms with E-state index in [0.29, 0.717) is 5.02 Å². The van der Waals surface area contributed by atoms with E-state index < -0.39 is 16.8 Å². The van der Waals surface area contributed by atoms with Gasteiger partial charge < -0.3 is 5.11 Å². The van der Waals surface area contributed by atoms with E-state index in [-0.39, 0.29) is 17.4 Å². The van der Waals surface area contributed by atoms with Crippen molar-refractivity contribution in [2.45, 2.75) is 24.3 Å². The normalized spacial score (nSPS) is 14.3. The zero-order chi connectivity index (χ0) is 13.0. The van der Waals surface area contributed by atoms with Gasteiger partial charge in [-0.2, -0.15) is 0 Å². The predicted molar refractivity (Wildman–Crippen MR) is 72.7 cm³/mol. The molecule has 2 unspecified atom stereocenters. The molecule has 1 aromatic carbocycles. The van der Waals surface area contributed by atoms with Gasteiger partial charge in [0.05, 0.1) is 12.2 Å². The molecule has 6 heteroatoms. The summed E-state index contributed by atoms with van der Waals surface area (Å²) >= 11 is 9.29. The Morgan fingerprint density at radius 3 is 2.76 bits per heavy atom. The molecular formula is C11H12BrClO3S. The number of carbonyl (C=O) groups is 1. The van der Waals surface area contributed by atoms with Crippen molar-refractivity contribution >= 4 is 44.3 Å². The maximum atomic E-state index is 11.9. The fraction of sp³-hybridized carbons (Fsp3) is 0.364. The Bertz CT molecular complexity index is 450. The van der Waals surface area contributed by atoms with Crippen LogP contribution >= 0.6 is 27.5 Å². The quantitative estimate of drug-likeness (QED) is 0.896. The second kappa shape index (κ2) is 6.52. The van der Waals surface area contributed by atoms with Crippen LogP contribution < -0.4 is 0 Å². The van der Waals surface area contributed by atoms with Crippen LogP contribution in [0.1, 0.15) is 18.9 Å². The first-order chi connectivity index (χ1) is 7.90. The van der Waals surface area contributed by atoms with Gasteiger partial charge in [0.25, 0.3) is 0 Å². The van der Waals surface area contributed by atoms with Crippen molar-refractivity contribution < 1.29 is 14.1 Å². The molecule has 0 heterocycles. The summed E-state index contributed by atoms with van der Waals surface area (Å²) < 4.78 is 12.7. The first-order valence-corrected chi connectivity index (χ1v) is 7.48. The van der Waals surface area contributed by atoms with E-state index in [1.807, 2.05) is 6.07 Å². The van der Waals surface area contributed by atoms with Crippen molar-refractivity contribution in [2.24, 2.45) is 0 Å². The molecule has 0 aliphatic heterocycles. The molecule has 0 spiro atoms. The van der Waals surface area contributed by atoms with E-state index in [9.17, 15) is 9.00 Å². The minimum atomic E-state index is -1.23. The highest BCUT2D eigenvalue weighted by atomic mass is 79.9. The average Bonchev–Trinajstić information content (AvgIpc) is 2.21. The van der Waals surface area contributed by atoms with Gasteiger partial charge in [-0.05, 0) is 17.7 Å². The van der Waals surface area contributed by atoms with E-state index in [1.54, 1.807) is 19.1 Å². The number of aliphatic carboxylic acids is 1. The summed E-state index contributed by atoms with van der Waals surface area (Å²) in [7, 11) is -1.23. The van der Waals surface area contributed by atoms with Crippen LogP contribution in [0.4, 0.5) is 0 Å². The molecule has 94 valence electrons. The Morgan fingerprint density at radius 2 is 2.24 bits per heavy atom. The summed E-state index contributed by atoms with van der Waals surface area (Å²) in [6, 6.07) is 5.34. The molecule has 0 aliphatic rings. The monoisotopic (exact) mass is 338 g/mol. The lowest BCUT2D eigenvalue weighted by Crippen LogP contribution is -2.17. The summed E-state index contributed by atoms with van der Waals surface area (Å²) in [6.45, 7) is 1.66. The number of hydrogen-bond acceptors (Lipinski definition) is 2. The standard InChI is InChI=1S/C11H12BrClO3S/c1-7(4-11(14)15)17(16)6-8-2-3-9(12)5-10(8)13/h2-3,5,7H,4,6H2,1H3,(H,14,15). The lowest BCUT2D eigenvalue weighted by molar-refractivity contribution is -0.136. The molecule has 0 saturated carbocycles. The van der Waals surface area contributed by atoms with Crippen molar-refractivity contribution in [1.29, 1.82) is 0 Å². The molecule has 0 amide bonds. The summed E-state index contributed by atoms with van der Waals surface area (Å²) in [5.74, 6) is -0.659. The lowest BCUT2D eigenvalue weighted by Gasteiger charge is -2.10. The molecule has 1 aromatic rings. The van der Waals surface area contributed by atoms with Gasteiger partial charge in [-0.15, -0.1) is 0 Å². The van der Waals surface area contributed by atoms with Crippen LogP contribution in [0.2, 0.25) is 5.02 Å². The summed E-state index contributed by atoms with van der Waals surface area (Å²) in [4.78, 5) is 10.5. The van der Waals surface area contributed by atoms with E-state index >= 15 is 0 Å². The van der Waals surface area contributed by atoms with E-state index in [1.165, 1.54) is 0 Å². The van der Waals surface area contributed by atoms with E-state index in [0.717, 1.165) is 10.0 Å². The smallest absolute Gasteiger partial charge is 0.304 e. The average molecular weight is 340 g/mol. The first-order valence-electron chi connectivity index (χ1n) is 4.93.